The molecule has 0 aliphatic heterocycles. The monoisotopic (exact) mass is 340 g/mol. The van der Waals surface area contributed by atoms with Crippen LogP contribution in [-0.2, 0) is 11.0 Å². The van der Waals surface area contributed by atoms with Crippen molar-refractivity contribution in [3.63, 3.8) is 0 Å². The molecule has 0 N–H and O–H groups in total. The third-order valence-electron chi connectivity index (χ3n) is 3.98. The van der Waals surface area contributed by atoms with Crippen molar-refractivity contribution in [3.8, 4) is 0 Å². The molecule has 0 radical (unpaired) electrons. The van der Waals surface area contributed by atoms with Gasteiger partial charge in [-0.3, -0.25) is 0 Å². The van der Waals surface area contributed by atoms with Crippen molar-refractivity contribution in [2.45, 2.75) is 6.42 Å². The average Bonchev–Trinajstić information content (AvgIpc) is 2.62. The zero-order chi connectivity index (χ0) is 16.1. The van der Waals surface area contributed by atoms with E-state index in [2.05, 4.69) is 0 Å². The van der Waals surface area contributed by atoms with E-state index in [0.717, 1.165) is 27.6 Å². The number of hydrogen-bond acceptors (Lipinski definition) is 1. The van der Waals surface area contributed by atoms with Crippen molar-refractivity contribution in [1.29, 1.82) is 0 Å². The Hall–Kier alpha value is -1.82. The minimum atomic E-state index is -2.63. The van der Waals surface area contributed by atoms with Crippen LogP contribution in [0, 0.1) is 0 Å². The fraction of sp³-hybridized carbons (Fsp3) is 0.100. The van der Waals surface area contributed by atoms with Crippen molar-refractivity contribution >= 4 is 29.4 Å². The Balaban J connectivity index is 1.93. The number of aryl methyl sites for hydroxylation is 1. The predicted molar refractivity (Wildman–Crippen MR) is 99.8 cm³/mol. The molecule has 0 spiro atoms. The van der Waals surface area contributed by atoms with Gasteiger partial charge in [0.15, 0.2) is 0 Å². The van der Waals surface area contributed by atoms with Crippen LogP contribution in [0.4, 0.5) is 0 Å². The number of benzene rings is 3. The second-order valence-corrected chi connectivity index (χ2v) is 8.91. The van der Waals surface area contributed by atoms with Gasteiger partial charge in [-0.15, -0.1) is 0 Å². The summed E-state index contributed by atoms with van der Waals surface area (Å²) in [6, 6.07) is 27.4. The van der Waals surface area contributed by atoms with Crippen LogP contribution < -0.4 is 10.6 Å². The van der Waals surface area contributed by atoms with Gasteiger partial charge in [0.05, 0.1) is 0 Å². The van der Waals surface area contributed by atoms with Gasteiger partial charge in [0.1, 0.15) is 7.14 Å². The average molecular weight is 341 g/mol. The van der Waals surface area contributed by atoms with E-state index in [9.17, 15) is 4.57 Å². The number of hydrogen-bond donors (Lipinski definition) is 0. The van der Waals surface area contributed by atoms with E-state index < -0.39 is 7.14 Å². The third kappa shape index (κ3) is 3.75. The normalized spacial score (nSPS) is 11.3. The fourth-order valence-corrected chi connectivity index (χ4v) is 5.50. The Morgan fingerprint density at radius 2 is 1.17 bits per heavy atom. The van der Waals surface area contributed by atoms with E-state index in [1.165, 1.54) is 0 Å². The molecule has 1 nitrogen and oxygen atoms in total. The van der Waals surface area contributed by atoms with Crippen molar-refractivity contribution in [1.82, 2.24) is 0 Å². The highest BCUT2D eigenvalue weighted by atomic mass is 35.5. The molecule has 0 saturated heterocycles. The summed E-state index contributed by atoms with van der Waals surface area (Å²) in [5.41, 5.74) is 1.15. The van der Waals surface area contributed by atoms with Gasteiger partial charge < -0.3 is 4.57 Å². The lowest BCUT2D eigenvalue weighted by atomic mass is 10.2. The van der Waals surface area contributed by atoms with E-state index >= 15 is 0 Å². The van der Waals surface area contributed by atoms with Gasteiger partial charge in [0.2, 0.25) is 0 Å². The largest absolute Gasteiger partial charge is 0.314 e. The Kier molecular flexibility index (Phi) is 5.00. The lowest BCUT2D eigenvalue weighted by Gasteiger charge is -2.19. The quantitative estimate of drug-likeness (QED) is 0.604. The Bertz CT molecular complexity index is 755. The Morgan fingerprint density at radius 1 is 0.696 bits per heavy atom. The lowest BCUT2D eigenvalue weighted by Crippen LogP contribution is -2.19. The van der Waals surface area contributed by atoms with Gasteiger partial charge in [0.25, 0.3) is 0 Å². The second-order valence-electron chi connectivity index (χ2n) is 5.51. The van der Waals surface area contributed by atoms with Crippen LogP contribution >= 0.6 is 18.7 Å². The first kappa shape index (κ1) is 16.1. The molecule has 0 bridgehead atoms. The molecule has 0 fully saturated rings. The summed E-state index contributed by atoms with van der Waals surface area (Å²) in [5.74, 6) is 0. The van der Waals surface area contributed by atoms with Gasteiger partial charge in [-0.25, -0.2) is 0 Å². The van der Waals surface area contributed by atoms with E-state index in [4.69, 9.17) is 11.6 Å². The standard InChI is InChI=1S/C20H18ClOP/c21-18-13-11-17(12-14-18)15-16-23(22,19-7-3-1-4-8-19)20-9-5-2-6-10-20/h1-14H,15-16H2. The lowest BCUT2D eigenvalue weighted by molar-refractivity contribution is 0.586. The molecular weight excluding hydrogens is 323 g/mol. The molecule has 0 heterocycles. The maximum Gasteiger partial charge on any atom is 0.143 e. The van der Waals surface area contributed by atoms with Crippen LogP contribution in [0.5, 0.6) is 0 Å². The Morgan fingerprint density at radius 3 is 1.65 bits per heavy atom. The maximum absolute atomic E-state index is 13.8. The third-order valence-corrected chi connectivity index (χ3v) is 7.35. The van der Waals surface area contributed by atoms with Crippen LogP contribution in [0.3, 0.4) is 0 Å². The highest BCUT2D eigenvalue weighted by Gasteiger charge is 2.26. The minimum absolute atomic E-state index is 0.614. The smallest absolute Gasteiger partial charge is 0.143 e. The topological polar surface area (TPSA) is 17.1 Å². The van der Waals surface area contributed by atoms with E-state index in [0.29, 0.717) is 6.16 Å². The van der Waals surface area contributed by atoms with Crippen molar-refractivity contribution in [3.05, 3.63) is 95.5 Å². The molecule has 0 aliphatic rings. The first-order valence-electron chi connectivity index (χ1n) is 7.63. The first-order chi connectivity index (χ1) is 11.2. The zero-order valence-electron chi connectivity index (χ0n) is 12.7. The molecule has 116 valence electrons. The molecule has 3 rings (SSSR count). The van der Waals surface area contributed by atoms with Crippen LogP contribution in [0.2, 0.25) is 5.02 Å². The molecule has 0 amide bonds. The summed E-state index contributed by atoms with van der Waals surface area (Å²) in [6.45, 7) is 0. The SMILES string of the molecule is O=P(CCc1ccc(Cl)cc1)(c1ccccc1)c1ccccc1. The zero-order valence-corrected chi connectivity index (χ0v) is 14.4. The maximum atomic E-state index is 13.8. The van der Waals surface area contributed by atoms with E-state index in [1.54, 1.807) is 0 Å². The predicted octanol–water partition coefficient (Wildman–Crippen LogP) is 4.90. The van der Waals surface area contributed by atoms with E-state index in [1.807, 2.05) is 84.9 Å². The van der Waals surface area contributed by atoms with Gasteiger partial charge in [0, 0.05) is 21.8 Å². The minimum Gasteiger partial charge on any atom is -0.314 e. The summed E-state index contributed by atoms with van der Waals surface area (Å²) < 4.78 is 13.8. The molecule has 3 heteroatoms. The van der Waals surface area contributed by atoms with Crippen LogP contribution in [0.1, 0.15) is 5.56 Å². The van der Waals surface area contributed by atoms with Crippen molar-refractivity contribution < 1.29 is 4.57 Å². The van der Waals surface area contributed by atoms with Gasteiger partial charge in [-0.1, -0.05) is 84.4 Å². The Labute approximate surface area is 142 Å². The van der Waals surface area contributed by atoms with Gasteiger partial charge in [-0.2, -0.15) is 0 Å². The number of halogens is 1. The summed E-state index contributed by atoms with van der Waals surface area (Å²) in [7, 11) is -2.63. The van der Waals surface area contributed by atoms with Crippen molar-refractivity contribution in [2.24, 2.45) is 0 Å². The summed E-state index contributed by atoms with van der Waals surface area (Å²) in [5, 5.41) is 2.56. The number of rotatable bonds is 5. The van der Waals surface area contributed by atoms with Crippen LogP contribution in [0.15, 0.2) is 84.9 Å². The summed E-state index contributed by atoms with van der Waals surface area (Å²) in [6.07, 6.45) is 1.38. The molecule has 23 heavy (non-hydrogen) atoms. The molecule has 3 aromatic carbocycles. The molecule has 0 atom stereocenters. The van der Waals surface area contributed by atoms with Gasteiger partial charge in [-0.05, 0) is 24.1 Å². The van der Waals surface area contributed by atoms with Crippen LogP contribution in [-0.4, -0.2) is 6.16 Å². The molecule has 0 unspecified atom stereocenters. The molecular formula is C20H18ClOP. The highest BCUT2D eigenvalue weighted by Crippen LogP contribution is 2.43. The van der Waals surface area contributed by atoms with Crippen molar-refractivity contribution in [2.75, 3.05) is 6.16 Å². The fourth-order valence-electron chi connectivity index (χ4n) is 2.68. The molecule has 0 aromatic heterocycles. The molecule has 0 saturated carbocycles. The molecule has 3 aromatic rings. The highest BCUT2D eigenvalue weighted by molar-refractivity contribution is 7.78. The summed E-state index contributed by atoms with van der Waals surface area (Å²) in [4.78, 5) is 0. The molecule has 0 aliphatic carbocycles. The summed E-state index contributed by atoms with van der Waals surface area (Å²) >= 11 is 5.94. The van der Waals surface area contributed by atoms with E-state index in [-0.39, 0.29) is 0 Å². The first-order valence-corrected chi connectivity index (χ1v) is 9.90. The van der Waals surface area contributed by atoms with Crippen LogP contribution in [0.25, 0.3) is 0 Å². The van der Waals surface area contributed by atoms with Gasteiger partial charge >= 0.3 is 0 Å². The second kappa shape index (κ2) is 7.17.